The first-order valence-corrected chi connectivity index (χ1v) is 8.82. The maximum Gasteiger partial charge on any atom is 0.404 e. The van der Waals surface area contributed by atoms with Crippen molar-refractivity contribution in [3.8, 4) is 5.75 Å². The molecule has 2 atom stereocenters. The minimum Gasteiger partial charge on any atom is -0.480 e. The standard InChI is InChI=1S/C19H21F4N3O4/c1-29-11-15(25-9-17(24)19(21,22)23)13-7-14(20)18(16(8-13)26(27)28)30-10-12-5-3-2-4-6-12/h2-8,15,17,25H,9-11,24H2,1H3/t15?,17-/m0/s1. The smallest absolute Gasteiger partial charge is 0.404 e. The Morgan fingerprint density at radius 3 is 2.47 bits per heavy atom. The third kappa shape index (κ3) is 6.37. The summed E-state index contributed by atoms with van der Waals surface area (Å²) in [6.07, 6.45) is -4.63. The highest BCUT2D eigenvalue weighted by Gasteiger charge is 2.37. The van der Waals surface area contributed by atoms with Gasteiger partial charge in [0.15, 0.2) is 5.82 Å². The van der Waals surface area contributed by atoms with Gasteiger partial charge in [0.1, 0.15) is 12.6 Å². The van der Waals surface area contributed by atoms with Gasteiger partial charge in [0.2, 0.25) is 5.75 Å². The van der Waals surface area contributed by atoms with Crippen molar-refractivity contribution in [3.05, 3.63) is 69.5 Å². The summed E-state index contributed by atoms with van der Waals surface area (Å²) in [6.45, 7) is -0.942. The zero-order chi connectivity index (χ0) is 22.3. The lowest BCUT2D eigenvalue weighted by molar-refractivity contribution is -0.386. The number of hydrogen-bond donors (Lipinski definition) is 2. The Balaban J connectivity index is 2.27. The lowest BCUT2D eigenvalue weighted by atomic mass is 10.1. The number of methoxy groups -OCH3 is 1. The molecular formula is C19H21F4N3O4. The van der Waals surface area contributed by atoms with Gasteiger partial charge in [-0.2, -0.15) is 13.2 Å². The molecule has 30 heavy (non-hydrogen) atoms. The number of nitrogens with two attached hydrogens (primary N) is 1. The van der Waals surface area contributed by atoms with E-state index >= 15 is 0 Å². The van der Waals surface area contributed by atoms with Crippen molar-refractivity contribution in [3.63, 3.8) is 0 Å². The van der Waals surface area contributed by atoms with Crippen molar-refractivity contribution in [1.29, 1.82) is 0 Å². The van der Waals surface area contributed by atoms with E-state index in [1.807, 2.05) is 0 Å². The first-order chi connectivity index (χ1) is 14.1. The van der Waals surface area contributed by atoms with E-state index in [9.17, 15) is 27.7 Å². The monoisotopic (exact) mass is 431 g/mol. The molecule has 2 aromatic carbocycles. The van der Waals surface area contributed by atoms with Gasteiger partial charge in [-0.05, 0) is 17.2 Å². The average molecular weight is 431 g/mol. The lowest BCUT2D eigenvalue weighted by Crippen LogP contribution is -2.46. The van der Waals surface area contributed by atoms with E-state index in [1.54, 1.807) is 30.3 Å². The summed E-state index contributed by atoms with van der Waals surface area (Å²) in [7, 11) is 1.29. The summed E-state index contributed by atoms with van der Waals surface area (Å²) in [5.74, 6) is -1.58. The van der Waals surface area contributed by atoms with Crippen molar-refractivity contribution >= 4 is 5.69 Å². The van der Waals surface area contributed by atoms with Crippen LogP contribution >= 0.6 is 0 Å². The molecule has 0 heterocycles. The van der Waals surface area contributed by atoms with Crippen LogP contribution in [0.2, 0.25) is 0 Å². The Morgan fingerprint density at radius 2 is 1.90 bits per heavy atom. The summed E-state index contributed by atoms with van der Waals surface area (Å²) >= 11 is 0. The molecule has 0 aromatic heterocycles. The SMILES string of the molecule is COCC(NC[C@H](N)C(F)(F)F)c1cc(F)c(OCc2ccccc2)c([N+](=O)[O-])c1. The molecule has 164 valence electrons. The summed E-state index contributed by atoms with van der Waals surface area (Å²) in [6, 6.07) is 7.54. The fraction of sp³-hybridized carbons (Fsp3) is 0.368. The van der Waals surface area contributed by atoms with Gasteiger partial charge in [-0.3, -0.25) is 10.1 Å². The number of rotatable bonds is 10. The molecule has 0 aliphatic carbocycles. The molecule has 0 fully saturated rings. The molecule has 0 amide bonds. The summed E-state index contributed by atoms with van der Waals surface area (Å²) in [4.78, 5) is 10.6. The van der Waals surface area contributed by atoms with Crippen LogP contribution in [0.3, 0.4) is 0 Å². The molecule has 11 heteroatoms. The Morgan fingerprint density at radius 1 is 1.23 bits per heavy atom. The van der Waals surface area contributed by atoms with Crippen molar-refractivity contribution in [2.45, 2.75) is 24.9 Å². The number of nitrogens with zero attached hydrogens (tertiary/aromatic N) is 1. The Labute approximate surface area is 169 Å². The zero-order valence-electron chi connectivity index (χ0n) is 16.0. The molecule has 0 bridgehead atoms. The van der Waals surface area contributed by atoms with Crippen LogP contribution < -0.4 is 15.8 Å². The number of ether oxygens (including phenoxy) is 2. The van der Waals surface area contributed by atoms with E-state index in [0.717, 1.165) is 12.1 Å². The number of nitro groups is 1. The largest absolute Gasteiger partial charge is 0.480 e. The number of benzene rings is 2. The quantitative estimate of drug-likeness (QED) is 0.340. The third-order valence-corrected chi connectivity index (χ3v) is 4.21. The van der Waals surface area contributed by atoms with Crippen molar-refractivity contribution < 1.29 is 32.0 Å². The van der Waals surface area contributed by atoms with Gasteiger partial charge in [0.05, 0.1) is 17.6 Å². The molecule has 0 aliphatic heterocycles. The molecule has 2 aromatic rings. The van der Waals surface area contributed by atoms with Crippen molar-refractivity contribution in [2.24, 2.45) is 5.73 Å². The highest BCUT2D eigenvalue weighted by molar-refractivity contribution is 5.50. The van der Waals surface area contributed by atoms with Crippen LogP contribution in [0.15, 0.2) is 42.5 Å². The number of alkyl halides is 3. The van der Waals surface area contributed by atoms with Gasteiger partial charge < -0.3 is 20.5 Å². The van der Waals surface area contributed by atoms with E-state index in [-0.39, 0.29) is 18.8 Å². The predicted molar refractivity (Wildman–Crippen MR) is 100 cm³/mol. The van der Waals surface area contributed by atoms with Gasteiger partial charge >= 0.3 is 11.9 Å². The zero-order valence-corrected chi connectivity index (χ0v) is 16.0. The van der Waals surface area contributed by atoms with Gasteiger partial charge in [-0.1, -0.05) is 30.3 Å². The van der Waals surface area contributed by atoms with Crippen LogP contribution in [0, 0.1) is 15.9 Å². The third-order valence-electron chi connectivity index (χ3n) is 4.21. The Hall–Kier alpha value is -2.76. The van der Waals surface area contributed by atoms with E-state index in [4.69, 9.17) is 15.2 Å². The van der Waals surface area contributed by atoms with Crippen LogP contribution in [-0.4, -0.2) is 37.4 Å². The van der Waals surface area contributed by atoms with Crippen LogP contribution in [-0.2, 0) is 11.3 Å². The van der Waals surface area contributed by atoms with Crippen molar-refractivity contribution in [1.82, 2.24) is 5.32 Å². The van der Waals surface area contributed by atoms with Crippen LogP contribution in [0.5, 0.6) is 5.75 Å². The molecule has 0 saturated heterocycles. The number of nitrogens with one attached hydrogen (secondary N) is 1. The van der Waals surface area contributed by atoms with Gasteiger partial charge in [-0.15, -0.1) is 0 Å². The van der Waals surface area contributed by atoms with Gasteiger partial charge in [0.25, 0.3) is 0 Å². The molecule has 0 saturated carbocycles. The molecule has 3 N–H and O–H groups in total. The molecule has 2 rings (SSSR count). The fourth-order valence-electron chi connectivity index (χ4n) is 2.63. The van der Waals surface area contributed by atoms with Gasteiger partial charge in [-0.25, -0.2) is 4.39 Å². The van der Waals surface area contributed by atoms with Crippen LogP contribution in [0.4, 0.5) is 23.2 Å². The minimum absolute atomic E-state index is 0.0301. The second-order valence-electron chi connectivity index (χ2n) is 6.45. The molecular weight excluding hydrogens is 410 g/mol. The normalized spacial score (nSPS) is 13.7. The number of hydrogen-bond acceptors (Lipinski definition) is 6. The Bertz CT molecular complexity index is 850. The van der Waals surface area contributed by atoms with Crippen LogP contribution in [0.25, 0.3) is 0 Å². The van der Waals surface area contributed by atoms with Crippen LogP contribution in [0.1, 0.15) is 17.2 Å². The van der Waals surface area contributed by atoms with E-state index in [1.165, 1.54) is 7.11 Å². The second-order valence-corrected chi connectivity index (χ2v) is 6.45. The molecule has 0 spiro atoms. The number of halogens is 4. The first kappa shape index (κ1) is 23.5. The molecule has 1 unspecified atom stereocenters. The van der Waals surface area contributed by atoms with Gasteiger partial charge in [0, 0.05) is 19.7 Å². The minimum atomic E-state index is -4.63. The fourth-order valence-corrected chi connectivity index (χ4v) is 2.63. The molecule has 7 nitrogen and oxygen atoms in total. The summed E-state index contributed by atoms with van der Waals surface area (Å²) in [5.41, 5.74) is 5.13. The average Bonchev–Trinajstić information content (AvgIpc) is 2.69. The highest BCUT2D eigenvalue weighted by atomic mass is 19.4. The number of nitro benzene ring substituents is 1. The predicted octanol–water partition coefficient (Wildman–Crippen LogP) is 3.48. The molecule has 0 aliphatic rings. The topological polar surface area (TPSA) is 99.7 Å². The van der Waals surface area contributed by atoms with E-state index < -0.39 is 47.0 Å². The molecule has 0 radical (unpaired) electrons. The second kappa shape index (κ2) is 10.3. The van der Waals surface area contributed by atoms with E-state index in [2.05, 4.69) is 5.32 Å². The maximum absolute atomic E-state index is 14.7. The maximum atomic E-state index is 14.7. The summed E-state index contributed by atoms with van der Waals surface area (Å²) < 4.78 is 62.8. The Kier molecular flexibility index (Phi) is 8.09. The van der Waals surface area contributed by atoms with E-state index in [0.29, 0.717) is 5.56 Å². The lowest BCUT2D eigenvalue weighted by Gasteiger charge is -2.22. The highest BCUT2D eigenvalue weighted by Crippen LogP contribution is 2.34. The first-order valence-electron chi connectivity index (χ1n) is 8.82. The summed E-state index contributed by atoms with van der Waals surface area (Å²) in [5, 5.41) is 14.0. The van der Waals surface area contributed by atoms with Crippen molar-refractivity contribution in [2.75, 3.05) is 20.3 Å².